The van der Waals surface area contributed by atoms with Crippen molar-refractivity contribution in [3.8, 4) is 0 Å². The standard InChI is InChI=1S/C27H36O9/c1-13-17-10-18(34-14(2)28)21-26-9-7-8-25(5,24(33-12-26)36-16(4)30)19(26)11-20(32-6)27(21,22(13)31)23(17)35-15(3)29/h17-21,23-24H,1,7-12H2,2-6H3/t17-,18-,19+,20?,21-,23+,24-,25+,26-,27?/m0/s1. The van der Waals surface area contributed by atoms with Gasteiger partial charge in [-0.25, -0.2) is 0 Å². The van der Waals surface area contributed by atoms with E-state index in [1.807, 2.05) is 0 Å². The van der Waals surface area contributed by atoms with Crippen LogP contribution in [0.4, 0.5) is 0 Å². The first-order chi connectivity index (χ1) is 16.9. The molecule has 4 saturated carbocycles. The van der Waals surface area contributed by atoms with Crippen LogP contribution in [-0.2, 0) is 42.9 Å². The molecule has 5 rings (SSSR count). The molecule has 0 radical (unpaired) electrons. The van der Waals surface area contributed by atoms with Crippen molar-refractivity contribution in [2.75, 3.05) is 13.7 Å². The fourth-order valence-electron chi connectivity index (χ4n) is 9.10. The van der Waals surface area contributed by atoms with E-state index in [2.05, 4.69) is 13.5 Å². The monoisotopic (exact) mass is 504 g/mol. The van der Waals surface area contributed by atoms with E-state index in [0.29, 0.717) is 18.4 Å². The van der Waals surface area contributed by atoms with Gasteiger partial charge in [0, 0.05) is 50.5 Å². The van der Waals surface area contributed by atoms with Crippen LogP contribution in [0, 0.1) is 34.0 Å². The van der Waals surface area contributed by atoms with Gasteiger partial charge in [0.05, 0.1) is 12.7 Å². The number of ether oxygens (including phenoxy) is 5. The van der Waals surface area contributed by atoms with Crippen LogP contribution in [0.2, 0.25) is 0 Å². The molecular weight excluding hydrogens is 468 g/mol. The molecule has 0 amide bonds. The maximum absolute atomic E-state index is 14.2. The van der Waals surface area contributed by atoms with Crippen LogP contribution < -0.4 is 0 Å². The first-order valence-electron chi connectivity index (χ1n) is 12.8. The van der Waals surface area contributed by atoms with Gasteiger partial charge in [-0.1, -0.05) is 19.9 Å². The molecule has 4 aliphatic carbocycles. The third kappa shape index (κ3) is 3.14. The molecular formula is C27H36O9. The molecule has 1 heterocycles. The number of Topliss-reactive ketones (excluding diaryl/α,β-unsaturated/α-hetero) is 1. The molecule has 10 atom stereocenters. The van der Waals surface area contributed by atoms with Crippen LogP contribution in [0.3, 0.4) is 0 Å². The Bertz CT molecular complexity index is 1020. The average Bonchev–Trinajstić information content (AvgIpc) is 2.91. The van der Waals surface area contributed by atoms with Crippen molar-refractivity contribution >= 4 is 23.7 Å². The highest BCUT2D eigenvalue weighted by Crippen LogP contribution is 2.74. The Hall–Kier alpha value is -2.26. The number of esters is 3. The molecule has 5 aliphatic rings. The van der Waals surface area contributed by atoms with Crippen molar-refractivity contribution in [3.63, 3.8) is 0 Å². The summed E-state index contributed by atoms with van der Waals surface area (Å²) in [7, 11) is 1.57. The minimum atomic E-state index is -1.24. The fraction of sp³-hybridized carbons (Fsp3) is 0.778. The molecule has 9 heteroatoms. The number of hydrogen-bond donors (Lipinski definition) is 0. The average molecular weight is 505 g/mol. The zero-order valence-corrected chi connectivity index (χ0v) is 21.7. The summed E-state index contributed by atoms with van der Waals surface area (Å²) in [4.78, 5) is 50.8. The van der Waals surface area contributed by atoms with Gasteiger partial charge in [-0.15, -0.1) is 0 Å². The van der Waals surface area contributed by atoms with Crippen LogP contribution in [0.15, 0.2) is 12.2 Å². The van der Waals surface area contributed by atoms with Gasteiger partial charge in [0.15, 0.2) is 5.78 Å². The van der Waals surface area contributed by atoms with Crippen LogP contribution >= 0.6 is 0 Å². The second kappa shape index (κ2) is 8.38. The largest absolute Gasteiger partial charge is 0.462 e. The summed E-state index contributed by atoms with van der Waals surface area (Å²) in [5.74, 6) is -2.50. The lowest BCUT2D eigenvalue weighted by Crippen LogP contribution is -2.75. The molecule has 0 N–H and O–H groups in total. The van der Waals surface area contributed by atoms with Gasteiger partial charge in [0.25, 0.3) is 0 Å². The lowest BCUT2D eigenvalue weighted by atomic mass is 9.37. The van der Waals surface area contributed by atoms with E-state index in [9.17, 15) is 19.2 Å². The Labute approximate surface area is 211 Å². The van der Waals surface area contributed by atoms with Crippen molar-refractivity contribution in [1.29, 1.82) is 0 Å². The maximum atomic E-state index is 14.2. The highest BCUT2D eigenvalue weighted by molar-refractivity contribution is 6.05. The molecule has 4 bridgehead atoms. The molecule has 0 aromatic carbocycles. The van der Waals surface area contributed by atoms with Gasteiger partial charge in [-0.3, -0.25) is 19.2 Å². The summed E-state index contributed by atoms with van der Waals surface area (Å²) in [6, 6.07) is 0. The smallest absolute Gasteiger partial charge is 0.304 e. The van der Waals surface area contributed by atoms with Gasteiger partial charge >= 0.3 is 17.9 Å². The van der Waals surface area contributed by atoms with E-state index in [0.717, 1.165) is 19.3 Å². The third-order valence-electron chi connectivity index (χ3n) is 10.0. The molecule has 1 aliphatic heterocycles. The molecule has 36 heavy (non-hydrogen) atoms. The third-order valence-corrected chi connectivity index (χ3v) is 10.0. The van der Waals surface area contributed by atoms with E-state index in [1.165, 1.54) is 20.8 Å². The number of ketones is 1. The quantitative estimate of drug-likeness (QED) is 0.324. The fourth-order valence-corrected chi connectivity index (χ4v) is 9.10. The molecule has 2 unspecified atom stereocenters. The normalized spacial score (nSPS) is 46.9. The highest BCUT2D eigenvalue weighted by atomic mass is 16.7. The first-order valence-corrected chi connectivity index (χ1v) is 12.8. The van der Waals surface area contributed by atoms with Gasteiger partial charge in [-0.05, 0) is 37.2 Å². The van der Waals surface area contributed by atoms with Crippen molar-refractivity contribution in [1.82, 2.24) is 0 Å². The van der Waals surface area contributed by atoms with E-state index in [4.69, 9.17) is 23.7 Å². The second-order valence-corrected chi connectivity index (χ2v) is 11.6. The Morgan fingerprint density at radius 3 is 2.28 bits per heavy atom. The number of methoxy groups -OCH3 is 1. The van der Waals surface area contributed by atoms with Gasteiger partial charge in [0.2, 0.25) is 6.29 Å². The van der Waals surface area contributed by atoms with E-state index < -0.39 is 70.6 Å². The van der Waals surface area contributed by atoms with E-state index in [-0.39, 0.29) is 18.3 Å². The number of fused-ring (bicyclic) bond motifs is 1. The molecule has 1 spiro atoms. The molecule has 0 aromatic rings. The predicted octanol–water partition coefficient (Wildman–Crippen LogP) is 2.74. The lowest BCUT2D eigenvalue weighted by Gasteiger charge is -2.70. The Morgan fingerprint density at radius 2 is 1.67 bits per heavy atom. The second-order valence-electron chi connectivity index (χ2n) is 11.6. The van der Waals surface area contributed by atoms with Crippen LogP contribution in [-0.4, -0.2) is 62.0 Å². The van der Waals surface area contributed by atoms with Crippen molar-refractivity contribution in [2.24, 2.45) is 34.0 Å². The molecule has 1 saturated heterocycles. The number of carbonyl (C=O) groups excluding carboxylic acids is 4. The molecule has 198 valence electrons. The number of rotatable bonds is 4. The van der Waals surface area contributed by atoms with Crippen molar-refractivity contribution in [2.45, 2.75) is 84.4 Å². The summed E-state index contributed by atoms with van der Waals surface area (Å²) >= 11 is 0. The minimum Gasteiger partial charge on any atom is -0.462 e. The van der Waals surface area contributed by atoms with Crippen LogP contribution in [0.25, 0.3) is 0 Å². The molecule has 5 fully saturated rings. The predicted molar refractivity (Wildman–Crippen MR) is 124 cm³/mol. The van der Waals surface area contributed by atoms with E-state index in [1.54, 1.807) is 7.11 Å². The summed E-state index contributed by atoms with van der Waals surface area (Å²) in [6.07, 6.45) is 0.519. The molecule has 9 nitrogen and oxygen atoms in total. The van der Waals surface area contributed by atoms with Crippen LogP contribution in [0.5, 0.6) is 0 Å². The minimum absolute atomic E-state index is 0.0355. The topological polar surface area (TPSA) is 114 Å². The summed E-state index contributed by atoms with van der Waals surface area (Å²) in [6.45, 7) is 10.5. The Kier molecular flexibility index (Phi) is 5.91. The number of hydrogen-bond acceptors (Lipinski definition) is 9. The summed E-state index contributed by atoms with van der Waals surface area (Å²) in [5.41, 5.74) is -1.94. The molecule has 0 aromatic heterocycles. The first kappa shape index (κ1) is 25.4. The van der Waals surface area contributed by atoms with Gasteiger partial charge in [-0.2, -0.15) is 0 Å². The summed E-state index contributed by atoms with van der Waals surface area (Å²) in [5, 5.41) is 0. The Morgan fingerprint density at radius 1 is 1.00 bits per heavy atom. The van der Waals surface area contributed by atoms with Crippen molar-refractivity contribution < 1.29 is 42.9 Å². The SMILES string of the molecule is C=C1C(=O)C23C(OC)C[C@@H]4[C@@]5(C)CCC[C@@]4(CO[C@H]5OC(C)=O)[C@@H]2[C@@H](OC(C)=O)C[C@@H]1[C@H]3OC(C)=O. The van der Waals surface area contributed by atoms with Crippen LogP contribution in [0.1, 0.15) is 59.8 Å². The Balaban J connectivity index is 1.72. The van der Waals surface area contributed by atoms with Gasteiger partial charge < -0.3 is 23.7 Å². The number of carbonyl (C=O) groups is 4. The van der Waals surface area contributed by atoms with Crippen molar-refractivity contribution in [3.05, 3.63) is 12.2 Å². The highest BCUT2D eigenvalue weighted by Gasteiger charge is 2.80. The maximum Gasteiger partial charge on any atom is 0.304 e. The lowest BCUT2D eigenvalue weighted by molar-refractivity contribution is -0.346. The van der Waals surface area contributed by atoms with Gasteiger partial charge in [0.1, 0.15) is 17.6 Å². The summed E-state index contributed by atoms with van der Waals surface area (Å²) < 4.78 is 30.0. The zero-order chi connectivity index (χ0) is 26.2. The zero-order valence-electron chi connectivity index (χ0n) is 21.7. The van der Waals surface area contributed by atoms with E-state index >= 15 is 0 Å².